The van der Waals surface area contributed by atoms with E-state index < -0.39 is 0 Å². The van der Waals surface area contributed by atoms with Crippen LogP contribution in [-0.2, 0) is 6.42 Å². The number of hydrogen-bond donors (Lipinski definition) is 0. The van der Waals surface area contributed by atoms with E-state index in [4.69, 9.17) is 4.98 Å². The standard InChI is InChI=1S/C22H26N4O/c1-2-25-10-12-26(13-11-25)22-23-16-19-20(24-22)14-18(15-21(19)27)9-8-17-6-4-3-5-7-17/h3-9,16,18H,2,10-15H2,1H3/b9-8+/t18-/m0/s1. The molecule has 1 aromatic carbocycles. The average Bonchev–Trinajstić information content (AvgIpc) is 2.73. The second kappa shape index (κ2) is 8.01. The van der Waals surface area contributed by atoms with Gasteiger partial charge in [0.1, 0.15) is 0 Å². The molecule has 5 heteroatoms. The Bertz CT molecular complexity index is 825. The highest BCUT2D eigenvalue weighted by Crippen LogP contribution is 2.27. The molecule has 1 aromatic heterocycles. The van der Waals surface area contributed by atoms with Crippen LogP contribution in [0, 0.1) is 5.92 Å². The maximum absolute atomic E-state index is 12.5. The van der Waals surface area contributed by atoms with Crippen molar-refractivity contribution in [3.63, 3.8) is 0 Å². The molecule has 1 aliphatic heterocycles. The number of allylic oxidation sites excluding steroid dienone is 1. The van der Waals surface area contributed by atoms with Gasteiger partial charge in [-0.1, -0.05) is 49.4 Å². The van der Waals surface area contributed by atoms with E-state index in [0.29, 0.717) is 12.0 Å². The van der Waals surface area contributed by atoms with Crippen LogP contribution in [0.25, 0.3) is 6.08 Å². The molecular formula is C22H26N4O. The van der Waals surface area contributed by atoms with Gasteiger partial charge in [0.25, 0.3) is 0 Å². The molecular weight excluding hydrogens is 336 g/mol. The van der Waals surface area contributed by atoms with Crippen molar-refractivity contribution in [2.45, 2.75) is 19.8 Å². The Morgan fingerprint density at radius 3 is 2.63 bits per heavy atom. The monoisotopic (exact) mass is 362 g/mol. The predicted octanol–water partition coefficient (Wildman–Crippen LogP) is 3.08. The summed E-state index contributed by atoms with van der Waals surface area (Å²) in [6, 6.07) is 10.2. The molecule has 5 nitrogen and oxygen atoms in total. The Kier molecular flexibility index (Phi) is 5.30. The van der Waals surface area contributed by atoms with E-state index in [9.17, 15) is 4.79 Å². The van der Waals surface area contributed by atoms with Crippen molar-refractivity contribution in [3.05, 3.63) is 59.4 Å². The lowest BCUT2D eigenvalue weighted by Crippen LogP contribution is -2.46. The van der Waals surface area contributed by atoms with Gasteiger partial charge >= 0.3 is 0 Å². The van der Waals surface area contributed by atoms with Crippen molar-refractivity contribution in [3.8, 4) is 0 Å². The molecule has 0 saturated carbocycles. The van der Waals surface area contributed by atoms with E-state index in [1.54, 1.807) is 6.20 Å². The van der Waals surface area contributed by atoms with Crippen LogP contribution in [0.2, 0.25) is 0 Å². The fourth-order valence-electron chi connectivity index (χ4n) is 3.83. The van der Waals surface area contributed by atoms with Crippen molar-refractivity contribution >= 4 is 17.8 Å². The van der Waals surface area contributed by atoms with Gasteiger partial charge in [-0.2, -0.15) is 0 Å². The molecule has 1 aliphatic carbocycles. The van der Waals surface area contributed by atoms with E-state index in [2.05, 4.69) is 46.0 Å². The number of Topliss-reactive ketones (excluding diaryl/α,β-unsaturated/α-hetero) is 1. The Hall–Kier alpha value is -2.53. The molecule has 0 radical (unpaired) electrons. The van der Waals surface area contributed by atoms with E-state index >= 15 is 0 Å². The third-order valence-corrected chi connectivity index (χ3v) is 5.52. The zero-order valence-electron chi connectivity index (χ0n) is 15.8. The van der Waals surface area contributed by atoms with Crippen LogP contribution >= 0.6 is 0 Å². The van der Waals surface area contributed by atoms with E-state index in [1.807, 2.05) is 18.2 Å². The summed E-state index contributed by atoms with van der Waals surface area (Å²) in [4.78, 5) is 26.5. The number of ketones is 1. The van der Waals surface area contributed by atoms with E-state index in [1.165, 1.54) is 0 Å². The quantitative estimate of drug-likeness (QED) is 0.837. The zero-order chi connectivity index (χ0) is 18.6. The number of nitrogens with zero attached hydrogens (tertiary/aromatic N) is 4. The molecule has 2 aromatic rings. The first-order valence-electron chi connectivity index (χ1n) is 9.82. The predicted molar refractivity (Wildman–Crippen MR) is 108 cm³/mol. The molecule has 2 aliphatic rings. The van der Waals surface area contributed by atoms with Gasteiger partial charge in [0.05, 0.1) is 11.3 Å². The van der Waals surface area contributed by atoms with Crippen molar-refractivity contribution in [1.29, 1.82) is 0 Å². The summed E-state index contributed by atoms with van der Waals surface area (Å²) in [5.74, 6) is 1.12. The Balaban J connectivity index is 1.49. The highest BCUT2D eigenvalue weighted by atomic mass is 16.1. The fourth-order valence-corrected chi connectivity index (χ4v) is 3.83. The summed E-state index contributed by atoms with van der Waals surface area (Å²) in [6.45, 7) is 7.25. The number of rotatable bonds is 4. The van der Waals surface area contributed by atoms with E-state index in [-0.39, 0.29) is 11.7 Å². The SMILES string of the molecule is CCN1CCN(c2ncc3c(n2)C[C@H](/C=C/c2ccccc2)CC3=O)CC1. The molecule has 1 fully saturated rings. The number of likely N-dealkylation sites (N-methyl/N-ethyl adjacent to an activating group) is 1. The lowest BCUT2D eigenvalue weighted by molar-refractivity contribution is 0.0957. The summed E-state index contributed by atoms with van der Waals surface area (Å²) in [5, 5.41) is 0. The molecule has 1 atom stereocenters. The molecule has 1 saturated heterocycles. The van der Waals surface area contributed by atoms with Gasteiger partial charge in [0.2, 0.25) is 5.95 Å². The van der Waals surface area contributed by atoms with Crippen molar-refractivity contribution in [1.82, 2.24) is 14.9 Å². The number of carbonyl (C=O) groups excluding carboxylic acids is 1. The highest BCUT2D eigenvalue weighted by Gasteiger charge is 2.27. The molecule has 27 heavy (non-hydrogen) atoms. The Morgan fingerprint density at radius 1 is 1.11 bits per heavy atom. The van der Waals surface area contributed by atoms with Gasteiger partial charge < -0.3 is 9.80 Å². The van der Waals surface area contributed by atoms with Gasteiger partial charge in [0, 0.05) is 38.8 Å². The first-order chi connectivity index (χ1) is 13.2. The number of piperazine rings is 1. The number of hydrogen-bond acceptors (Lipinski definition) is 5. The Morgan fingerprint density at radius 2 is 1.89 bits per heavy atom. The van der Waals surface area contributed by atoms with Crippen LogP contribution in [0.15, 0.2) is 42.6 Å². The molecule has 0 N–H and O–H groups in total. The maximum atomic E-state index is 12.5. The number of anilines is 1. The first kappa shape index (κ1) is 17.9. The summed E-state index contributed by atoms with van der Waals surface area (Å²) >= 11 is 0. The van der Waals surface area contributed by atoms with Gasteiger partial charge in [-0.3, -0.25) is 4.79 Å². The third-order valence-electron chi connectivity index (χ3n) is 5.52. The van der Waals surface area contributed by atoms with Crippen LogP contribution in [0.1, 0.15) is 35.0 Å². The van der Waals surface area contributed by atoms with Crippen molar-refractivity contribution in [2.24, 2.45) is 5.92 Å². The second-order valence-corrected chi connectivity index (χ2v) is 7.31. The smallest absolute Gasteiger partial charge is 0.225 e. The topological polar surface area (TPSA) is 49.3 Å². The average molecular weight is 362 g/mol. The minimum Gasteiger partial charge on any atom is -0.338 e. The summed E-state index contributed by atoms with van der Waals surface area (Å²) in [5.41, 5.74) is 2.76. The highest BCUT2D eigenvalue weighted by molar-refractivity contribution is 5.98. The molecule has 0 amide bonds. The number of carbonyl (C=O) groups is 1. The molecule has 0 bridgehead atoms. The number of benzene rings is 1. The molecule has 140 valence electrons. The lowest BCUT2D eigenvalue weighted by atomic mass is 9.86. The Labute approximate surface area is 160 Å². The summed E-state index contributed by atoms with van der Waals surface area (Å²) < 4.78 is 0. The van der Waals surface area contributed by atoms with Gasteiger partial charge in [-0.05, 0) is 24.4 Å². The molecule has 0 spiro atoms. The number of aromatic nitrogens is 2. The van der Waals surface area contributed by atoms with Crippen molar-refractivity contribution in [2.75, 3.05) is 37.6 Å². The minimum atomic E-state index is 0.154. The van der Waals surface area contributed by atoms with Gasteiger partial charge in [0.15, 0.2) is 5.78 Å². The molecule has 4 rings (SSSR count). The van der Waals surface area contributed by atoms with Crippen molar-refractivity contribution < 1.29 is 4.79 Å². The van der Waals surface area contributed by atoms with Crippen LogP contribution in [-0.4, -0.2) is 53.4 Å². The van der Waals surface area contributed by atoms with E-state index in [0.717, 1.165) is 56.4 Å². The lowest BCUT2D eigenvalue weighted by Gasteiger charge is -2.34. The largest absolute Gasteiger partial charge is 0.338 e. The van der Waals surface area contributed by atoms with Crippen LogP contribution in [0.4, 0.5) is 5.95 Å². The number of fused-ring (bicyclic) bond motifs is 1. The maximum Gasteiger partial charge on any atom is 0.225 e. The van der Waals surface area contributed by atoms with Crippen LogP contribution in [0.3, 0.4) is 0 Å². The minimum absolute atomic E-state index is 0.154. The summed E-state index contributed by atoms with van der Waals surface area (Å²) in [6.07, 6.45) is 7.33. The third kappa shape index (κ3) is 4.08. The van der Waals surface area contributed by atoms with Crippen LogP contribution < -0.4 is 4.90 Å². The normalized spacial score (nSPS) is 20.9. The van der Waals surface area contributed by atoms with Crippen LogP contribution in [0.5, 0.6) is 0 Å². The second-order valence-electron chi connectivity index (χ2n) is 7.31. The summed E-state index contributed by atoms with van der Waals surface area (Å²) in [7, 11) is 0. The first-order valence-corrected chi connectivity index (χ1v) is 9.82. The zero-order valence-corrected chi connectivity index (χ0v) is 15.8. The fraction of sp³-hybridized carbons (Fsp3) is 0.409. The van der Waals surface area contributed by atoms with Gasteiger partial charge in [-0.15, -0.1) is 0 Å². The molecule has 0 unspecified atom stereocenters. The molecule has 2 heterocycles. The van der Waals surface area contributed by atoms with Gasteiger partial charge in [-0.25, -0.2) is 9.97 Å².